The Morgan fingerprint density at radius 3 is 2.60 bits per heavy atom. The third-order valence-corrected chi connectivity index (χ3v) is 4.88. The summed E-state index contributed by atoms with van der Waals surface area (Å²) in [5.41, 5.74) is 2.33. The molecule has 0 bridgehead atoms. The zero-order valence-corrected chi connectivity index (χ0v) is 15.0. The number of nitrogens with zero attached hydrogens (tertiary/aromatic N) is 1. The zero-order valence-electron chi connectivity index (χ0n) is 15.0. The number of benzene rings is 1. The van der Waals surface area contributed by atoms with E-state index in [1.165, 1.54) is 25.7 Å². The molecule has 25 heavy (non-hydrogen) atoms. The average molecular weight is 342 g/mol. The second-order valence-corrected chi connectivity index (χ2v) is 6.75. The molecule has 3 rings (SSSR count). The van der Waals surface area contributed by atoms with Gasteiger partial charge in [0, 0.05) is 6.04 Å². The second kappa shape index (κ2) is 8.19. The molecular weight excluding hydrogens is 316 g/mol. The van der Waals surface area contributed by atoms with E-state index in [1.54, 1.807) is 0 Å². The van der Waals surface area contributed by atoms with Gasteiger partial charge in [-0.15, -0.1) is 0 Å². The Bertz CT molecular complexity index is 696. The molecule has 5 heteroatoms. The van der Waals surface area contributed by atoms with E-state index in [9.17, 15) is 4.79 Å². The van der Waals surface area contributed by atoms with Gasteiger partial charge < -0.3 is 14.6 Å². The Kier molecular flexibility index (Phi) is 5.74. The summed E-state index contributed by atoms with van der Waals surface area (Å²) in [5.74, 6) is 1.28. The van der Waals surface area contributed by atoms with E-state index >= 15 is 0 Å². The maximum Gasteiger partial charge on any atom is 0.255 e. The molecule has 0 aliphatic heterocycles. The first kappa shape index (κ1) is 17.5. The molecule has 1 saturated carbocycles. The van der Waals surface area contributed by atoms with Crippen LogP contribution < -0.4 is 10.1 Å². The standard InChI is InChI=1S/C20H26N2O3/c1-14-18(15(2)25-22-14)13-24-19-12-8-7-11-17(19)20(23)21-16-9-5-3-4-6-10-16/h7-8,11-12,16H,3-6,9-10,13H2,1-2H3,(H,21,23). The van der Waals surface area contributed by atoms with E-state index in [0.717, 1.165) is 29.9 Å². The molecule has 1 fully saturated rings. The van der Waals surface area contributed by atoms with Gasteiger partial charge in [-0.1, -0.05) is 43.0 Å². The van der Waals surface area contributed by atoms with Gasteiger partial charge in [0.15, 0.2) is 0 Å². The lowest BCUT2D eigenvalue weighted by Gasteiger charge is -2.17. The van der Waals surface area contributed by atoms with Crippen molar-refractivity contribution in [2.75, 3.05) is 0 Å². The molecule has 1 amide bonds. The largest absolute Gasteiger partial charge is 0.488 e. The van der Waals surface area contributed by atoms with Crippen molar-refractivity contribution in [1.82, 2.24) is 10.5 Å². The highest BCUT2D eigenvalue weighted by molar-refractivity contribution is 5.97. The van der Waals surface area contributed by atoms with Crippen LogP contribution in [0.15, 0.2) is 28.8 Å². The van der Waals surface area contributed by atoms with E-state index in [-0.39, 0.29) is 11.9 Å². The van der Waals surface area contributed by atoms with Crippen molar-refractivity contribution in [1.29, 1.82) is 0 Å². The van der Waals surface area contributed by atoms with Gasteiger partial charge in [-0.25, -0.2) is 0 Å². The van der Waals surface area contributed by atoms with Crippen molar-refractivity contribution in [3.63, 3.8) is 0 Å². The Hall–Kier alpha value is -2.30. The van der Waals surface area contributed by atoms with Crippen LogP contribution in [0.2, 0.25) is 0 Å². The number of para-hydroxylation sites is 1. The third-order valence-electron chi connectivity index (χ3n) is 4.88. The van der Waals surface area contributed by atoms with Crippen LogP contribution in [0, 0.1) is 13.8 Å². The number of aromatic nitrogens is 1. The zero-order chi connectivity index (χ0) is 17.6. The second-order valence-electron chi connectivity index (χ2n) is 6.75. The van der Waals surface area contributed by atoms with E-state index in [0.29, 0.717) is 17.9 Å². The molecule has 1 aromatic heterocycles. The quantitative estimate of drug-likeness (QED) is 0.822. The molecule has 1 aliphatic carbocycles. The van der Waals surface area contributed by atoms with Crippen LogP contribution in [-0.4, -0.2) is 17.1 Å². The molecule has 1 aliphatic rings. The molecule has 134 valence electrons. The molecule has 0 atom stereocenters. The van der Waals surface area contributed by atoms with Crippen LogP contribution in [0.5, 0.6) is 5.75 Å². The number of aryl methyl sites for hydroxylation is 2. The number of nitrogens with one attached hydrogen (secondary N) is 1. The van der Waals surface area contributed by atoms with Gasteiger partial charge in [-0.2, -0.15) is 0 Å². The van der Waals surface area contributed by atoms with Crippen molar-refractivity contribution in [3.8, 4) is 5.75 Å². The lowest BCUT2D eigenvalue weighted by molar-refractivity contribution is 0.0929. The number of hydrogen-bond acceptors (Lipinski definition) is 4. The summed E-state index contributed by atoms with van der Waals surface area (Å²) >= 11 is 0. The molecule has 2 aromatic rings. The van der Waals surface area contributed by atoms with E-state index in [1.807, 2.05) is 38.1 Å². The minimum absolute atomic E-state index is 0.0544. The summed E-state index contributed by atoms with van der Waals surface area (Å²) < 4.78 is 11.1. The minimum Gasteiger partial charge on any atom is -0.488 e. The van der Waals surface area contributed by atoms with Gasteiger partial charge in [-0.3, -0.25) is 4.79 Å². The smallest absolute Gasteiger partial charge is 0.255 e. The molecule has 1 N–H and O–H groups in total. The number of hydrogen-bond donors (Lipinski definition) is 1. The van der Waals surface area contributed by atoms with Crippen LogP contribution in [-0.2, 0) is 6.61 Å². The van der Waals surface area contributed by atoms with E-state index in [4.69, 9.17) is 9.26 Å². The van der Waals surface area contributed by atoms with Gasteiger partial charge in [0.2, 0.25) is 0 Å². The molecule has 5 nitrogen and oxygen atoms in total. The summed E-state index contributed by atoms with van der Waals surface area (Å²) in [7, 11) is 0. The predicted molar refractivity (Wildman–Crippen MR) is 95.7 cm³/mol. The number of ether oxygens (including phenoxy) is 1. The summed E-state index contributed by atoms with van der Waals surface area (Å²) in [4.78, 5) is 12.7. The minimum atomic E-state index is -0.0544. The topological polar surface area (TPSA) is 64.4 Å². The Morgan fingerprint density at radius 2 is 1.92 bits per heavy atom. The lowest BCUT2D eigenvalue weighted by Crippen LogP contribution is -2.34. The first-order valence-corrected chi connectivity index (χ1v) is 9.09. The van der Waals surface area contributed by atoms with Crippen molar-refractivity contribution in [2.24, 2.45) is 0 Å². The number of amides is 1. The first-order chi connectivity index (χ1) is 12.1. The van der Waals surface area contributed by atoms with Crippen LogP contribution >= 0.6 is 0 Å². The van der Waals surface area contributed by atoms with Crippen LogP contribution in [0.1, 0.15) is 65.9 Å². The summed E-state index contributed by atoms with van der Waals surface area (Å²) in [5, 5.41) is 7.12. The van der Waals surface area contributed by atoms with Crippen molar-refractivity contribution < 1.29 is 14.1 Å². The highest BCUT2D eigenvalue weighted by Crippen LogP contribution is 2.23. The number of carbonyl (C=O) groups excluding carboxylic acids is 1. The van der Waals surface area contributed by atoms with Gasteiger partial charge in [0.05, 0.1) is 16.8 Å². The fourth-order valence-electron chi connectivity index (χ4n) is 3.32. The Morgan fingerprint density at radius 1 is 1.20 bits per heavy atom. The van der Waals surface area contributed by atoms with E-state index in [2.05, 4.69) is 10.5 Å². The van der Waals surface area contributed by atoms with Crippen molar-refractivity contribution >= 4 is 5.91 Å². The van der Waals surface area contributed by atoms with Gasteiger partial charge in [0.25, 0.3) is 5.91 Å². The Balaban J connectivity index is 1.68. The monoisotopic (exact) mass is 342 g/mol. The van der Waals surface area contributed by atoms with E-state index < -0.39 is 0 Å². The van der Waals surface area contributed by atoms with Gasteiger partial charge >= 0.3 is 0 Å². The van der Waals surface area contributed by atoms with Gasteiger partial charge in [0.1, 0.15) is 18.1 Å². The fraction of sp³-hybridized carbons (Fsp3) is 0.500. The lowest BCUT2D eigenvalue weighted by atomic mass is 10.1. The molecule has 0 spiro atoms. The molecule has 0 radical (unpaired) electrons. The van der Waals surface area contributed by atoms with Crippen LogP contribution in [0.3, 0.4) is 0 Å². The summed E-state index contributed by atoms with van der Waals surface area (Å²) in [6.45, 7) is 4.10. The highest BCUT2D eigenvalue weighted by atomic mass is 16.5. The molecular formula is C20H26N2O3. The fourth-order valence-corrected chi connectivity index (χ4v) is 3.32. The van der Waals surface area contributed by atoms with Crippen LogP contribution in [0.25, 0.3) is 0 Å². The van der Waals surface area contributed by atoms with Crippen LogP contribution in [0.4, 0.5) is 0 Å². The highest BCUT2D eigenvalue weighted by Gasteiger charge is 2.19. The molecule has 0 saturated heterocycles. The first-order valence-electron chi connectivity index (χ1n) is 9.09. The normalized spacial score (nSPS) is 15.6. The summed E-state index contributed by atoms with van der Waals surface area (Å²) in [6, 6.07) is 7.66. The summed E-state index contributed by atoms with van der Waals surface area (Å²) in [6.07, 6.45) is 7.04. The molecule has 0 unspecified atom stereocenters. The number of carbonyl (C=O) groups is 1. The third kappa shape index (κ3) is 4.41. The van der Waals surface area contributed by atoms with Gasteiger partial charge in [-0.05, 0) is 38.8 Å². The Labute approximate surface area is 148 Å². The molecule has 1 heterocycles. The SMILES string of the molecule is Cc1noc(C)c1COc1ccccc1C(=O)NC1CCCCCC1. The average Bonchev–Trinajstić information content (AvgIpc) is 2.80. The predicted octanol–water partition coefficient (Wildman–Crippen LogP) is 4.32. The maximum atomic E-state index is 12.7. The number of rotatable bonds is 5. The van der Waals surface area contributed by atoms with Crippen molar-refractivity contribution in [3.05, 3.63) is 46.8 Å². The maximum absolute atomic E-state index is 12.7. The molecule has 1 aromatic carbocycles. The van der Waals surface area contributed by atoms with Crippen molar-refractivity contribution in [2.45, 2.75) is 65.0 Å².